The molecule has 0 fully saturated rings. The summed E-state index contributed by atoms with van der Waals surface area (Å²) in [6, 6.07) is 0. The molecule has 0 aliphatic rings. The fourth-order valence-corrected chi connectivity index (χ4v) is 8.61. The van der Waals surface area contributed by atoms with Crippen LogP contribution in [0, 0.1) is 0 Å². The molecule has 0 unspecified atom stereocenters. The van der Waals surface area contributed by atoms with Crippen molar-refractivity contribution in [3.63, 3.8) is 0 Å². The Morgan fingerprint density at radius 2 is 0.491 bits per heavy atom. The maximum absolute atomic E-state index is 12.0. The van der Waals surface area contributed by atoms with Crippen LogP contribution in [0.15, 0.2) is 12.2 Å². The summed E-state index contributed by atoms with van der Waals surface area (Å²) >= 11 is 0. The van der Waals surface area contributed by atoms with Gasteiger partial charge in [-0.3, -0.25) is 4.79 Å². The zero-order valence-electron chi connectivity index (χ0n) is 39.8. The molecule has 0 saturated heterocycles. The number of esters is 1. The SMILES string of the molecule is CCCCCCCC/C=C\CCCCCCCC(=O)OCCCCCCCCCCCCCCCCCCCCCCCCCCCCCCCCCCCCC. The second-order valence-corrected chi connectivity index (χ2v) is 18.6. The molecule has 0 amide bonds. The third kappa shape index (κ3) is 53.2. The molecule has 0 rings (SSSR count). The van der Waals surface area contributed by atoms with Crippen molar-refractivity contribution in [1.82, 2.24) is 0 Å². The largest absolute Gasteiger partial charge is 0.466 e. The molecule has 0 N–H and O–H groups in total. The summed E-state index contributed by atoms with van der Waals surface area (Å²) in [6.07, 6.45) is 72.4. The van der Waals surface area contributed by atoms with Crippen LogP contribution in [0.25, 0.3) is 0 Å². The van der Waals surface area contributed by atoms with Gasteiger partial charge in [-0.25, -0.2) is 0 Å². The fraction of sp³-hybridized carbons (Fsp3) is 0.945. The molecule has 0 aromatic heterocycles. The molecule has 340 valence electrons. The highest BCUT2D eigenvalue weighted by molar-refractivity contribution is 5.69. The predicted octanol–water partition coefficient (Wildman–Crippen LogP) is 20.2. The van der Waals surface area contributed by atoms with E-state index in [1.807, 2.05) is 0 Å². The van der Waals surface area contributed by atoms with Gasteiger partial charge in [0.1, 0.15) is 0 Å². The van der Waals surface area contributed by atoms with E-state index < -0.39 is 0 Å². The van der Waals surface area contributed by atoms with E-state index in [0.717, 1.165) is 19.3 Å². The van der Waals surface area contributed by atoms with E-state index in [4.69, 9.17) is 4.74 Å². The Kier molecular flexibility index (Phi) is 52.5. The average molecular weight is 801 g/mol. The summed E-state index contributed by atoms with van der Waals surface area (Å²) in [5, 5.41) is 0. The number of hydrogen-bond acceptors (Lipinski definition) is 2. The molecule has 0 aliphatic heterocycles. The van der Waals surface area contributed by atoms with Gasteiger partial charge in [-0.2, -0.15) is 0 Å². The lowest BCUT2D eigenvalue weighted by Gasteiger charge is -2.06. The number of allylic oxidation sites excluding steroid dienone is 2. The Morgan fingerprint density at radius 3 is 0.754 bits per heavy atom. The quantitative estimate of drug-likeness (QED) is 0.0348. The normalized spacial score (nSPS) is 11.7. The van der Waals surface area contributed by atoms with Gasteiger partial charge >= 0.3 is 5.97 Å². The summed E-state index contributed by atoms with van der Waals surface area (Å²) in [7, 11) is 0. The maximum Gasteiger partial charge on any atom is 0.305 e. The maximum atomic E-state index is 12.0. The van der Waals surface area contributed by atoms with Crippen LogP contribution in [0.4, 0.5) is 0 Å². The molecular weight excluding hydrogens is 693 g/mol. The van der Waals surface area contributed by atoms with Crippen LogP contribution >= 0.6 is 0 Å². The fourth-order valence-electron chi connectivity index (χ4n) is 8.61. The highest BCUT2D eigenvalue weighted by Crippen LogP contribution is 2.18. The first-order chi connectivity index (χ1) is 28.3. The van der Waals surface area contributed by atoms with Crippen molar-refractivity contribution in [3.05, 3.63) is 12.2 Å². The van der Waals surface area contributed by atoms with Crippen molar-refractivity contribution in [3.8, 4) is 0 Å². The van der Waals surface area contributed by atoms with Crippen molar-refractivity contribution < 1.29 is 9.53 Å². The Hall–Kier alpha value is -0.790. The van der Waals surface area contributed by atoms with Gasteiger partial charge in [-0.05, 0) is 38.5 Å². The van der Waals surface area contributed by atoms with Gasteiger partial charge in [-0.15, -0.1) is 0 Å². The first kappa shape index (κ1) is 56.2. The average Bonchev–Trinajstić information content (AvgIpc) is 3.22. The highest BCUT2D eigenvalue weighted by atomic mass is 16.5. The number of rotatable bonds is 51. The van der Waals surface area contributed by atoms with Crippen molar-refractivity contribution in [2.45, 2.75) is 328 Å². The molecule has 0 aliphatic carbocycles. The van der Waals surface area contributed by atoms with Gasteiger partial charge in [0.25, 0.3) is 0 Å². The van der Waals surface area contributed by atoms with Crippen LogP contribution in [-0.4, -0.2) is 12.6 Å². The van der Waals surface area contributed by atoms with Crippen molar-refractivity contribution in [2.75, 3.05) is 6.61 Å². The number of carbonyl (C=O) groups excluding carboxylic acids is 1. The third-order valence-electron chi connectivity index (χ3n) is 12.7. The minimum atomic E-state index is 0.0220. The second kappa shape index (κ2) is 53.2. The van der Waals surface area contributed by atoms with Crippen LogP contribution in [0.5, 0.6) is 0 Å². The van der Waals surface area contributed by atoms with Crippen LogP contribution in [0.2, 0.25) is 0 Å². The number of unbranched alkanes of at least 4 members (excludes halogenated alkanes) is 45. The van der Waals surface area contributed by atoms with Crippen LogP contribution in [-0.2, 0) is 9.53 Å². The van der Waals surface area contributed by atoms with Gasteiger partial charge in [0.05, 0.1) is 6.61 Å². The Morgan fingerprint density at radius 1 is 0.281 bits per heavy atom. The van der Waals surface area contributed by atoms with Gasteiger partial charge in [0.15, 0.2) is 0 Å². The van der Waals surface area contributed by atoms with E-state index in [-0.39, 0.29) is 5.97 Å². The summed E-state index contributed by atoms with van der Waals surface area (Å²) in [5.41, 5.74) is 0. The van der Waals surface area contributed by atoms with Gasteiger partial charge in [0.2, 0.25) is 0 Å². The van der Waals surface area contributed by atoms with E-state index >= 15 is 0 Å². The van der Waals surface area contributed by atoms with E-state index in [2.05, 4.69) is 26.0 Å². The summed E-state index contributed by atoms with van der Waals surface area (Å²) in [6.45, 7) is 5.22. The monoisotopic (exact) mass is 801 g/mol. The molecule has 2 heteroatoms. The zero-order chi connectivity index (χ0) is 41.1. The van der Waals surface area contributed by atoms with Gasteiger partial charge in [0, 0.05) is 6.42 Å². The molecule has 0 spiro atoms. The van der Waals surface area contributed by atoms with Crippen LogP contribution in [0.3, 0.4) is 0 Å². The topological polar surface area (TPSA) is 26.3 Å². The minimum Gasteiger partial charge on any atom is -0.466 e. The van der Waals surface area contributed by atoms with Gasteiger partial charge < -0.3 is 4.74 Å². The number of hydrogen-bond donors (Lipinski definition) is 0. The van der Waals surface area contributed by atoms with Crippen molar-refractivity contribution in [1.29, 1.82) is 0 Å². The zero-order valence-corrected chi connectivity index (χ0v) is 39.8. The summed E-state index contributed by atoms with van der Waals surface area (Å²) in [4.78, 5) is 12.0. The first-order valence-corrected chi connectivity index (χ1v) is 27.1. The molecule has 0 aromatic rings. The number of ether oxygens (including phenoxy) is 1. The lowest BCUT2D eigenvalue weighted by molar-refractivity contribution is -0.143. The molecule has 0 saturated carbocycles. The third-order valence-corrected chi connectivity index (χ3v) is 12.7. The molecule has 57 heavy (non-hydrogen) atoms. The Balaban J connectivity index is 3.14. The smallest absolute Gasteiger partial charge is 0.305 e. The van der Waals surface area contributed by atoms with Crippen molar-refractivity contribution >= 4 is 5.97 Å². The molecule has 0 heterocycles. The molecule has 0 radical (unpaired) electrons. The molecule has 0 atom stereocenters. The van der Waals surface area contributed by atoms with Crippen molar-refractivity contribution in [2.24, 2.45) is 0 Å². The van der Waals surface area contributed by atoms with Crippen LogP contribution < -0.4 is 0 Å². The van der Waals surface area contributed by atoms with Gasteiger partial charge in [-0.1, -0.05) is 296 Å². The Labute approximate surface area is 361 Å². The lowest BCUT2D eigenvalue weighted by atomic mass is 10.0. The summed E-state index contributed by atoms with van der Waals surface area (Å²) in [5.74, 6) is 0.0220. The first-order valence-electron chi connectivity index (χ1n) is 27.1. The van der Waals surface area contributed by atoms with E-state index in [9.17, 15) is 4.79 Å². The minimum absolute atomic E-state index is 0.0220. The molecule has 0 aromatic carbocycles. The Bertz CT molecular complexity index is 743. The predicted molar refractivity (Wildman–Crippen MR) is 258 cm³/mol. The van der Waals surface area contributed by atoms with Crippen LogP contribution in [0.1, 0.15) is 328 Å². The molecular formula is C55H108O2. The lowest BCUT2D eigenvalue weighted by Crippen LogP contribution is -2.05. The molecule has 0 bridgehead atoms. The standard InChI is InChI=1S/C55H108O2/c1-3-5-7-9-11-13-15-17-19-20-21-22-23-24-25-26-27-28-29-30-31-32-33-34-35-36-37-38-40-42-44-46-48-50-52-54-57-55(56)53-51-49-47-45-43-41-39-18-16-14-12-10-8-6-4-2/h18,39H,3-17,19-38,40-54H2,1-2H3/b39-18-. The molecule has 2 nitrogen and oxygen atoms in total. The highest BCUT2D eigenvalue weighted by Gasteiger charge is 2.03. The summed E-state index contributed by atoms with van der Waals surface area (Å²) < 4.78 is 5.48. The number of carbonyl (C=O) groups is 1. The van der Waals surface area contributed by atoms with E-state index in [1.165, 1.54) is 289 Å². The van der Waals surface area contributed by atoms with E-state index in [1.54, 1.807) is 0 Å². The van der Waals surface area contributed by atoms with E-state index in [0.29, 0.717) is 13.0 Å². The second-order valence-electron chi connectivity index (χ2n) is 18.6.